The van der Waals surface area contributed by atoms with Crippen molar-refractivity contribution < 1.29 is 19.2 Å². The predicted octanol–water partition coefficient (Wildman–Crippen LogP) is 2.02. The van der Waals surface area contributed by atoms with Gasteiger partial charge in [-0.05, 0) is 38.5 Å². The fourth-order valence-electron chi connectivity index (χ4n) is 3.07. The summed E-state index contributed by atoms with van der Waals surface area (Å²) in [6, 6.07) is 0.679. The van der Waals surface area contributed by atoms with Gasteiger partial charge in [0.15, 0.2) is 5.82 Å². The highest BCUT2D eigenvalue weighted by molar-refractivity contribution is 5.70. The lowest BCUT2D eigenvalue weighted by Crippen LogP contribution is -2.29. The summed E-state index contributed by atoms with van der Waals surface area (Å²) in [6.45, 7) is 1.50. The van der Waals surface area contributed by atoms with E-state index in [1.807, 2.05) is 0 Å². The minimum Gasteiger partial charge on any atom is -0.481 e. The van der Waals surface area contributed by atoms with Crippen molar-refractivity contribution in [3.8, 4) is 0 Å². The van der Waals surface area contributed by atoms with Crippen LogP contribution in [0.1, 0.15) is 50.3 Å². The standard InChI is InChI=1S/C14H21N3O4/c18-13(19)10-1-3-11(4-2-10)15-14-16-12(17-21-14)9-5-7-20-8-6-9/h9-11H,1-8H2,(H,18,19)(H,15,16,17). The summed E-state index contributed by atoms with van der Waals surface area (Å²) < 4.78 is 10.6. The van der Waals surface area contributed by atoms with Crippen LogP contribution in [0.4, 0.5) is 6.01 Å². The maximum Gasteiger partial charge on any atom is 0.321 e. The Morgan fingerprint density at radius 2 is 1.86 bits per heavy atom. The Bertz CT molecular complexity index is 476. The highest BCUT2D eigenvalue weighted by Crippen LogP contribution is 2.28. The van der Waals surface area contributed by atoms with Gasteiger partial charge in [0.05, 0.1) is 5.92 Å². The molecule has 7 heteroatoms. The number of rotatable bonds is 4. The molecular weight excluding hydrogens is 274 g/mol. The molecule has 21 heavy (non-hydrogen) atoms. The molecule has 7 nitrogen and oxygen atoms in total. The minimum absolute atomic E-state index is 0.205. The van der Waals surface area contributed by atoms with E-state index in [-0.39, 0.29) is 12.0 Å². The smallest absolute Gasteiger partial charge is 0.321 e. The van der Waals surface area contributed by atoms with Gasteiger partial charge in [-0.2, -0.15) is 4.98 Å². The molecule has 116 valence electrons. The lowest BCUT2D eigenvalue weighted by molar-refractivity contribution is -0.142. The van der Waals surface area contributed by atoms with Crippen molar-refractivity contribution in [1.82, 2.24) is 10.1 Å². The highest BCUT2D eigenvalue weighted by atomic mass is 16.5. The number of hydrogen-bond acceptors (Lipinski definition) is 6. The highest BCUT2D eigenvalue weighted by Gasteiger charge is 2.27. The first-order valence-corrected chi connectivity index (χ1v) is 7.63. The molecule has 0 unspecified atom stereocenters. The van der Waals surface area contributed by atoms with Crippen molar-refractivity contribution in [2.75, 3.05) is 18.5 Å². The van der Waals surface area contributed by atoms with E-state index in [0.717, 1.165) is 44.7 Å². The predicted molar refractivity (Wildman–Crippen MR) is 74.1 cm³/mol. The van der Waals surface area contributed by atoms with Crippen LogP contribution < -0.4 is 5.32 Å². The number of nitrogens with one attached hydrogen (secondary N) is 1. The largest absolute Gasteiger partial charge is 0.481 e. The summed E-state index contributed by atoms with van der Waals surface area (Å²) in [4.78, 5) is 15.3. The molecular formula is C14H21N3O4. The second kappa shape index (κ2) is 6.43. The third kappa shape index (κ3) is 3.53. The van der Waals surface area contributed by atoms with Crippen LogP contribution in [0.5, 0.6) is 0 Å². The molecule has 1 aromatic rings. The van der Waals surface area contributed by atoms with Crippen molar-refractivity contribution in [2.24, 2.45) is 5.92 Å². The molecule has 0 radical (unpaired) electrons. The van der Waals surface area contributed by atoms with Crippen LogP contribution in [0.25, 0.3) is 0 Å². The molecule has 2 heterocycles. The summed E-state index contributed by atoms with van der Waals surface area (Å²) in [5.41, 5.74) is 0. The van der Waals surface area contributed by atoms with E-state index in [0.29, 0.717) is 24.8 Å². The molecule has 0 aromatic carbocycles. The Labute approximate surface area is 123 Å². The zero-order valence-electron chi connectivity index (χ0n) is 12.0. The first-order valence-electron chi connectivity index (χ1n) is 7.63. The van der Waals surface area contributed by atoms with E-state index in [9.17, 15) is 4.79 Å². The zero-order chi connectivity index (χ0) is 14.7. The van der Waals surface area contributed by atoms with Crippen molar-refractivity contribution in [2.45, 2.75) is 50.5 Å². The zero-order valence-corrected chi connectivity index (χ0v) is 12.0. The lowest BCUT2D eigenvalue weighted by atomic mass is 9.86. The van der Waals surface area contributed by atoms with E-state index in [1.165, 1.54) is 0 Å². The maximum atomic E-state index is 10.9. The van der Waals surface area contributed by atoms with Crippen LogP contribution in [0.3, 0.4) is 0 Å². The number of carboxylic acids is 1. The van der Waals surface area contributed by atoms with Gasteiger partial charge < -0.3 is 19.7 Å². The molecule has 0 amide bonds. The van der Waals surface area contributed by atoms with Gasteiger partial charge in [0.25, 0.3) is 0 Å². The fourth-order valence-corrected chi connectivity index (χ4v) is 3.07. The molecule has 2 aliphatic rings. The van der Waals surface area contributed by atoms with Gasteiger partial charge >= 0.3 is 12.0 Å². The molecule has 0 spiro atoms. The summed E-state index contributed by atoms with van der Waals surface area (Å²) >= 11 is 0. The quantitative estimate of drug-likeness (QED) is 0.876. The van der Waals surface area contributed by atoms with Gasteiger partial charge in [0.1, 0.15) is 0 Å². The first-order chi connectivity index (χ1) is 10.2. The number of nitrogens with zero attached hydrogens (tertiary/aromatic N) is 2. The van der Waals surface area contributed by atoms with Crippen LogP contribution in [0.15, 0.2) is 4.52 Å². The van der Waals surface area contributed by atoms with Crippen molar-refractivity contribution in [1.29, 1.82) is 0 Å². The average Bonchev–Trinajstić information content (AvgIpc) is 2.97. The number of aliphatic carboxylic acids is 1. The van der Waals surface area contributed by atoms with Crippen LogP contribution >= 0.6 is 0 Å². The molecule has 1 saturated carbocycles. The normalized spacial score (nSPS) is 27.4. The lowest BCUT2D eigenvalue weighted by Gasteiger charge is -2.25. The van der Waals surface area contributed by atoms with Gasteiger partial charge in [-0.25, -0.2) is 0 Å². The second-order valence-electron chi connectivity index (χ2n) is 5.88. The summed E-state index contributed by atoms with van der Waals surface area (Å²) in [7, 11) is 0. The fraction of sp³-hybridized carbons (Fsp3) is 0.786. The topological polar surface area (TPSA) is 97.5 Å². The van der Waals surface area contributed by atoms with Crippen molar-refractivity contribution in [3.05, 3.63) is 5.82 Å². The Morgan fingerprint density at radius 1 is 1.14 bits per heavy atom. The third-order valence-electron chi connectivity index (χ3n) is 4.43. The number of carboxylic acid groups (broad SMARTS) is 1. The number of anilines is 1. The Balaban J connectivity index is 1.52. The third-order valence-corrected chi connectivity index (χ3v) is 4.43. The minimum atomic E-state index is -0.687. The van der Waals surface area contributed by atoms with Crippen LogP contribution in [0.2, 0.25) is 0 Å². The molecule has 1 aliphatic heterocycles. The SMILES string of the molecule is O=C(O)C1CCC(Nc2nc(C3CCOCC3)no2)CC1. The molecule has 1 aliphatic carbocycles. The van der Waals surface area contributed by atoms with Crippen LogP contribution in [0, 0.1) is 5.92 Å². The van der Waals surface area contributed by atoms with Gasteiger partial charge in [0, 0.05) is 25.2 Å². The van der Waals surface area contributed by atoms with Gasteiger partial charge in [-0.1, -0.05) is 5.16 Å². The molecule has 0 bridgehead atoms. The number of ether oxygens (including phenoxy) is 1. The summed E-state index contributed by atoms with van der Waals surface area (Å²) in [5.74, 6) is 0.178. The Hall–Kier alpha value is -1.63. The molecule has 1 aromatic heterocycles. The molecule has 2 N–H and O–H groups in total. The van der Waals surface area contributed by atoms with Crippen LogP contribution in [-0.2, 0) is 9.53 Å². The Morgan fingerprint density at radius 3 is 2.52 bits per heavy atom. The summed E-state index contributed by atoms with van der Waals surface area (Å²) in [5, 5.41) is 16.3. The molecule has 2 fully saturated rings. The first kappa shape index (κ1) is 14.3. The summed E-state index contributed by atoms with van der Waals surface area (Å²) in [6.07, 6.45) is 4.92. The average molecular weight is 295 g/mol. The maximum absolute atomic E-state index is 10.9. The molecule has 1 saturated heterocycles. The van der Waals surface area contributed by atoms with Crippen LogP contribution in [-0.4, -0.2) is 40.5 Å². The van der Waals surface area contributed by atoms with E-state index in [4.69, 9.17) is 14.4 Å². The molecule has 0 atom stereocenters. The van der Waals surface area contributed by atoms with Gasteiger partial charge in [0.2, 0.25) is 0 Å². The van der Waals surface area contributed by atoms with Crippen molar-refractivity contribution in [3.63, 3.8) is 0 Å². The van der Waals surface area contributed by atoms with E-state index in [1.54, 1.807) is 0 Å². The number of carbonyl (C=O) groups is 1. The van der Waals surface area contributed by atoms with Gasteiger partial charge in [-0.3, -0.25) is 4.79 Å². The second-order valence-corrected chi connectivity index (χ2v) is 5.88. The van der Waals surface area contributed by atoms with E-state index < -0.39 is 5.97 Å². The van der Waals surface area contributed by atoms with Crippen molar-refractivity contribution >= 4 is 12.0 Å². The number of aromatic nitrogens is 2. The van der Waals surface area contributed by atoms with E-state index in [2.05, 4.69) is 15.5 Å². The van der Waals surface area contributed by atoms with E-state index >= 15 is 0 Å². The number of hydrogen-bond donors (Lipinski definition) is 2. The Kier molecular flexibility index (Phi) is 4.38. The monoisotopic (exact) mass is 295 g/mol. The van der Waals surface area contributed by atoms with Gasteiger partial charge in [-0.15, -0.1) is 0 Å². The molecule has 3 rings (SSSR count).